The highest BCUT2D eigenvalue weighted by molar-refractivity contribution is 7.37. The van der Waals surface area contributed by atoms with Crippen molar-refractivity contribution in [2.24, 2.45) is 5.92 Å². The van der Waals surface area contributed by atoms with Gasteiger partial charge >= 0.3 is 0 Å². The Morgan fingerprint density at radius 2 is 1.91 bits per heavy atom. The van der Waals surface area contributed by atoms with Gasteiger partial charge < -0.3 is 0 Å². The van der Waals surface area contributed by atoms with E-state index >= 15 is 0 Å². The van der Waals surface area contributed by atoms with Gasteiger partial charge in [-0.3, -0.25) is 0 Å². The van der Waals surface area contributed by atoms with Crippen LogP contribution in [0.25, 0.3) is 0 Å². The molecule has 0 aliphatic heterocycles. The second kappa shape index (κ2) is 8.53. The fraction of sp³-hybridized carbons (Fsp3) is 1.00. The van der Waals surface area contributed by atoms with E-state index in [9.17, 15) is 0 Å². The van der Waals surface area contributed by atoms with Gasteiger partial charge in [0, 0.05) is 0 Å². The highest BCUT2D eigenvalue weighted by Crippen LogP contribution is 2.18. The van der Waals surface area contributed by atoms with Crippen molar-refractivity contribution in [3.8, 4) is 0 Å². The lowest BCUT2D eigenvalue weighted by molar-refractivity contribution is 0.540. The molecule has 2 atom stereocenters. The largest absolute Gasteiger partial charge is 0.122 e. The van der Waals surface area contributed by atoms with E-state index in [0.717, 1.165) is 5.92 Å². The SMILES string of the molecule is CCCCCC(C)CPCC. The van der Waals surface area contributed by atoms with Crippen LogP contribution in [0.5, 0.6) is 0 Å². The quantitative estimate of drug-likeness (QED) is 0.405. The molecule has 0 aliphatic rings. The summed E-state index contributed by atoms with van der Waals surface area (Å²) >= 11 is 0. The van der Waals surface area contributed by atoms with E-state index in [1.807, 2.05) is 0 Å². The first kappa shape index (κ1) is 11.4. The Morgan fingerprint density at radius 3 is 2.45 bits per heavy atom. The lowest BCUT2D eigenvalue weighted by atomic mass is 10.1. The van der Waals surface area contributed by atoms with Crippen LogP contribution in [0.2, 0.25) is 0 Å². The lowest BCUT2D eigenvalue weighted by Gasteiger charge is -2.09. The molecule has 0 aliphatic carbocycles. The van der Waals surface area contributed by atoms with E-state index < -0.39 is 0 Å². The Kier molecular flexibility index (Phi) is 8.86. The van der Waals surface area contributed by atoms with E-state index in [-0.39, 0.29) is 0 Å². The fourth-order valence-corrected chi connectivity index (χ4v) is 2.22. The van der Waals surface area contributed by atoms with Crippen LogP contribution in [-0.4, -0.2) is 12.3 Å². The zero-order chi connectivity index (χ0) is 8.53. The molecule has 0 aromatic heterocycles. The van der Waals surface area contributed by atoms with Gasteiger partial charge in [0.15, 0.2) is 0 Å². The molecule has 0 heterocycles. The monoisotopic (exact) mass is 174 g/mol. The van der Waals surface area contributed by atoms with E-state index in [0.29, 0.717) is 0 Å². The molecule has 11 heavy (non-hydrogen) atoms. The van der Waals surface area contributed by atoms with Crippen molar-refractivity contribution >= 4 is 8.58 Å². The first-order chi connectivity index (χ1) is 5.31. The fourth-order valence-electron chi connectivity index (χ4n) is 1.24. The average Bonchev–Trinajstić information content (AvgIpc) is 2.01. The van der Waals surface area contributed by atoms with Gasteiger partial charge in [-0.05, 0) is 18.2 Å². The molecule has 68 valence electrons. The molecule has 0 fully saturated rings. The van der Waals surface area contributed by atoms with Crippen LogP contribution in [0.1, 0.15) is 46.5 Å². The van der Waals surface area contributed by atoms with Crippen LogP contribution in [-0.2, 0) is 0 Å². The molecule has 0 saturated heterocycles. The zero-order valence-corrected chi connectivity index (χ0v) is 9.32. The normalized spacial score (nSPS) is 14.5. The number of hydrogen-bond donors (Lipinski definition) is 0. The Hall–Kier alpha value is 0.430. The van der Waals surface area contributed by atoms with Gasteiger partial charge in [0.05, 0.1) is 0 Å². The third-order valence-electron chi connectivity index (χ3n) is 2.04. The average molecular weight is 174 g/mol. The molecule has 0 amide bonds. The second-order valence-corrected chi connectivity index (χ2v) is 5.02. The minimum Gasteiger partial charge on any atom is -0.122 e. The maximum absolute atomic E-state index is 2.40. The molecule has 0 spiro atoms. The van der Waals surface area contributed by atoms with Crippen molar-refractivity contribution in [1.82, 2.24) is 0 Å². The van der Waals surface area contributed by atoms with Crippen LogP contribution < -0.4 is 0 Å². The molecular formula is C10H23P. The second-order valence-electron chi connectivity index (χ2n) is 3.41. The summed E-state index contributed by atoms with van der Waals surface area (Å²) in [6.45, 7) is 6.97. The molecule has 0 N–H and O–H groups in total. The van der Waals surface area contributed by atoms with E-state index in [1.54, 1.807) is 0 Å². The highest BCUT2D eigenvalue weighted by Gasteiger charge is 1.99. The van der Waals surface area contributed by atoms with Crippen LogP contribution >= 0.6 is 8.58 Å². The van der Waals surface area contributed by atoms with Crippen molar-refractivity contribution in [1.29, 1.82) is 0 Å². The third-order valence-corrected chi connectivity index (χ3v) is 3.53. The summed E-state index contributed by atoms with van der Waals surface area (Å²) in [6.07, 6.45) is 8.56. The summed E-state index contributed by atoms with van der Waals surface area (Å²) in [5, 5.41) is 0. The van der Waals surface area contributed by atoms with Crippen molar-refractivity contribution in [3.63, 3.8) is 0 Å². The molecule has 0 rings (SSSR count). The predicted octanol–water partition coefficient (Wildman–Crippen LogP) is 3.90. The maximum Gasteiger partial charge on any atom is -0.0328 e. The van der Waals surface area contributed by atoms with Crippen LogP contribution in [0.4, 0.5) is 0 Å². The van der Waals surface area contributed by atoms with Gasteiger partial charge in [-0.2, -0.15) is 0 Å². The first-order valence-corrected chi connectivity index (χ1v) is 6.43. The van der Waals surface area contributed by atoms with Crippen LogP contribution in [0, 0.1) is 5.92 Å². The van der Waals surface area contributed by atoms with E-state index in [1.165, 1.54) is 46.6 Å². The van der Waals surface area contributed by atoms with Crippen LogP contribution in [0.15, 0.2) is 0 Å². The summed E-state index contributed by atoms with van der Waals surface area (Å²) in [5.41, 5.74) is 0. The number of hydrogen-bond acceptors (Lipinski definition) is 0. The summed E-state index contributed by atoms with van der Waals surface area (Å²) in [4.78, 5) is 0. The van der Waals surface area contributed by atoms with Crippen molar-refractivity contribution < 1.29 is 0 Å². The van der Waals surface area contributed by atoms with E-state index in [4.69, 9.17) is 0 Å². The molecule has 0 aromatic carbocycles. The van der Waals surface area contributed by atoms with Gasteiger partial charge in [0.1, 0.15) is 0 Å². The summed E-state index contributed by atoms with van der Waals surface area (Å²) in [5.74, 6) is 0.986. The molecule has 0 saturated carbocycles. The Morgan fingerprint density at radius 1 is 1.18 bits per heavy atom. The summed E-state index contributed by atoms with van der Waals surface area (Å²) < 4.78 is 0. The molecule has 0 bridgehead atoms. The molecule has 0 nitrogen and oxygen atoms in total. The van der Waals surface area contributed by atoms with Crippen molar-refractivity contribution in [2.45, 2.75) is 46.5 Å². The highest BCUT2D eigenvalue weighted by atomic mass is 31.1. The van der Waals surface area contributed by atoms with Gasteiger partial charge in [0.25, 0.3) is 0 Å². The summed E-state index contributed by atoms with van der Waals surface area (Å²) in [7, 11) is 1.21. The Balaban J connectivity index is 3.02. The zero-order valence-electron chi connectivity index (χ0n) is 8.32. The molecule has 0 radical (unpaired) electrons. The summed E-state index contributed by atoms with van der Waals surface area (Å²) in [6, 6.07) is 0. The topological polar surface area (TPSA) is 0 Å². The minimum absolute atomic E-state index is 0.986. The predicted molar refractivity (Wildman–Crippen MR) is 57.0 cm³/mol. The lowest BCUT2D eigenvalue weighted by Crippen LogP contribution is -1.96. The molecular weight excluding hydrogens is 151 g/mol. The minimum atomic E-state index is 0.986. The van der Waals surface area contributed by atoms with Crippen molar-refractivity contribution in [2.75, 3.05) is 12.3 Å². The maximum atomic E-state index is 2.40. The molecule has 2 unspecified atom stereocenters. The number of unbranched alkanes of at least 4 members (excludes halogenated alkanes) is 2. The van der Waals surface area contributed by atoms with Gasteiger partial charge in [-0.25, -0.2) is 0 Å². The van der Waals surface area contributed by atoms with E-state index in [2.05, 4.69) is 20.8 Å². The Labute approximate surface area is 73.9 Å². The third kappa shape index (κ3) is 8.34. The molecule has 0 aromatic rings. The van der Waals surface area contributed by atoms with Gasteiger partial charge in [0.2, 0.25) is 0 Å². The molecule has 1 heteroatoms. The van der Waals surface area contributed by atoms with Gasteiger partial charge in [-0.15, -0.1) is 8.58 Å². The number of rotatable bonds is 7. The standard InChI is InChI=1S/C10H23P/c1-4-6-7-8-10(3)9-11-5-2/h10-11H,4-9H2,1-3H3. The van der Waals surface area contributed by atoms with Gasteiger partial charge in [-0.1, -0.05) is 46.5 Å². The smallest absolute Gasteiger partial charge is 0.0328 e. The first-order valence-electron chi connectivity index (χ1n) is 5.02. The Bertz CT molecular complexity index is 71.3. The van der Waals surface area contributed by atoms with Crippen molar-refractivity contribution in [3.05, 3.63) is 0 Å². The van der Waals surface area contributed by atoms with Crippen LogP contribution in [0.3, 0.4) is 0 Å².